The van der Waals surface area contributed by atoms with Crippen LogP contribution in [0.25, 0.3) is 0 Å². The molecule has 2 unspecified atom stereocenters. The highest BCUT2D eigenvalue weighted by atomic mass is 35.5. The summed E-state index contributed by atoms with van der Waals surface area (Å²) < 4.78 is 28.3. The van der Waals surface area contributed by atoms with Crippen molar-refractivity contribution in [2.24, 2.45) is 5.92 Å². The van der Waals surface area contributed by atoms with Gasteiger partial charge in [-0.25, -0.2) is 8.42 Å². The maximum absolute atomic E-state index is 13.8. The predicted octanol–water partition coefficient (Wildman–Crippen LogP) is 4.00. The largest absolute Gasteiger partial charge is 0.368 e. The Morgan fingerprint density at radius 1 is 0.868 bits per heavy atom. The number of halogens is 1. The summed E-state index contributed by atoms with van der Waals surface area (Å²) >= 11 is 6.01. The first-order chi connectivity index (χ1) is 18.2. The number of hydrogen-bond acceptors (Lipinski definition) is 6. The van der Waals surface area contributed by atoms with Crippen molar-refractivity contribution in [2.75, 3.05) is 44.2 Å². The summed E-state index contributed by atoms with van der Waals surface area (Å²) in [5.74, 6) is -0.894. The third-order valence-corrected chi connectivity index (χ3v) is 9.40. The van der Waals surface area contributed by atoms with Crippen LogP contribution >= 0.6 is 11.6 Å². The topological polar surface area (TPSA) is 104 Å². The van der Waals surface area contributed by atoms with Gasteiger partial charge in [0.1, 0.15) is 0 Å². The summed E-state index contributed by atoms with van der Waals surface area (Å²) in [6.07, 6.45) is 0. The van der Waals surface area contributed by atoms with E-state index in [-0.39, 0.29) is 35.5 Å². The van der Waals surface area contributed by atoms with Crippen molar-refractivity contribution in [3.63, 3.8) is 0 Å². The summed E-state index contributed by atoms with van der Waals surface area (Å²) in [6.45, 7) is 2.62. The molecule has 3 aromatic rings. The van der Waals surface area contributed by atoms with E-state index in [1.807, 2.05) is 59.5 Å². The molecule has 9 nitrogen and oxygen atoms in total. The first-order valence-corrected chi connectivity index (χ1v) is 14.1. The molecule has 2 atom stereocenters. The maximum atomic E-state index is 13.8. The molecule has 0 saturated carbocycles. The Morgan fingerprint density at radius 2 is 1.50 bits per heavy atom. The van der Waals surface area contributed by atoms with E-state index in [0.29, 0.717) is 31.2 Å². The normalized spacial score (nSPS) is 20.4. The lowest BCUT2D eigenvalue weighted by Crippen LogP contribution is -2.51. The van der Waals surface area contributed by atoms with Crippen LogP contribution in [-0.2, 0) is 14.8 Å². The van der Waals surface area contributed by atoms with Crippen LogP contribution < -0.4 is 4.90 Å². The fourth-order valence-electron chi connectivity index (χ4n) is 5.21. The lowest BCUT2D eigenvalue weighted by atomic mass is 9.88. The van der Waals surface area contributed by atoms with Crippen LogP contribution in [0, 0.1) is 16.0 Å². The maximum Gasteiger partial charge on any atom is 0.269 e. The molecule has 0 aliphatic carbocycles. The van der Waals surface area contributed by atoms with Crippen molar-refractivity contribution >= 4 is 38.9 Å². The summed E-state index contributed by atoms with van der Waals surface area (Å²) in [5, 5.41) is 11.7. The Morgan fingerprint density at radius 3 is 2.11 bits per heavy atom. The van der Waals surface area contributed by atoms with Crippen LogP contribution in [0.4, 0.5) is 11.4 Å². The molecule has 0 N–H and O–H groups in total. The Labute approximate surface area is 226 Å². The molecule has 38 heavy (non-hydrogen) atoms. The molecule has 2 aliphatic rings. The molecule has 0 bridgehead atoms. The second-order valence-corrected chi connectivity index (χ2v) is 11.9. The minimum absolute atomic E-state index is 0.0282. The smallest absolute Gasteiger partial charge is 0.269 e. The van der Waals surface area contributed by atoms with Gasteiger partial charge in [-0.05, 0) is 42.0 Å². The molecule has 5 rings (SSSR count). The number of sulfonamides is 1. The summed E-state index contributed by atoms with van der Waals surface area (Å²) in [4.78, 5) is 28.2. The van der Waals surface area contributed by atoms with Gasteiger partial charge in [0.15, 0.2) is 0 Å². The zero-order valence-corrected chi connectivity index (χ0v) is 22.1. The molecule has 1 amide bonds. The van der Waals surface area contributed by atoms with E-state index < -0.39 is 20.9 Å². The fraction of sp³-hybridized carbons (Fsp3) is 0.296. The van der Waals surface area contributed by atoms with Crippen LogP contribution in [-0.4, -0.2) is 67.7 Å². The molecule has 198 valence electrons. The van der Waals surface area contributed by atoms with E-state index in [1.165, 1.54) is 28.6 Å². The Balaban J connectivity index is 1.35. The molecule has 2 fully saturated rings. The highest BCUT2D eigenvalue weighted by Gasteiger charge is 2.45. The van der Waals surface area contributed by atoms with Gasteiger partial charge >= 0.3 is 0 Å². The number of nitrogens with zero attached hydrogens (tertiary/aromatic N) is 4. The Kier molecular flexibility index (Phi) is 7.38. The van der Waals surface area contributed by atoms with Gasteiger partial charge in [-0.3, -0.25) is 14.9 Å². The lowest BCUT2D eigenvalue weighted by Gasteiger charge is -2.37. The SMILES string of the molecule is O=C(C1CN(S(=O)(=O)c2ccc([N+](=O)[O-])cc2)CC1c1ccccc1)N1CCN(c2ccc(Cl)cc2)CC1. The molecule has 11 heteroatoms. The number of anilines is 1. The monoisotopic (exact) mass is 554 g/mol. The van der Waals surface area contributed by atoms with E-state index in [1.54, 1.807) is 0 Å². The van der Waals surface area contributed by atoms with Crippen molar-refractivity contribution in [2.45, 2.75) is 10.8 Å². The number of piperazine rings is 1. The number of nitro benzene ring substituents is 1. The molecular weight excluding hydrogens is 528 g/mol. The van der Waals surface area contributed by atoms with Crippen molar-refractivity contribution in [3.05, 3.63) is 99.6 Å². The van der Waals surface area contributed by atoms with Crippen LogP contribution in [0.3, 0.4) is 0 Å². The zero-order chi connectivity index (χ0) is 26.9. The van der Waals surface area contributed by atoms with Gasteiger partial charge in [0, 0.05) is 68.0 Å². The van der Waals surface area contributed by atoms with Gasteiger partial charge in [-0.2, -0.15) is 4.31 Å². The molecule has 0 radical (unpaired) electrons. The summed E-state index contributed by atoms with van der Waals surface area (Å²) in [5.41, 5.74) is 1.77. The predicted molar refractivity (Wildman–Crippen MR) is 145 cm³/mol. The number of carbonyl (C=O) groups is 1. The first kappa shape index (κ1) is 26.1. The van der Waals surface area contributed by atoms with Crippen molar-refractivity contribution < 1.29 is 18.1 Å². The van der Waals surface area contributed by atoms with Crippen molar-refractivity contribution in [3.8, 4) is 0 Å². The average molecular weight is 555 g/mol. The van der Waals surface area contributed by atoms with Crippen LogP contribution in [0.2, 0.25) is 5.02 Å². The second-order valence-electron chi connectivity index (χ2n) is 9.49. The lowest BCUT2D eigenvalue weighted by molar-refractivity contribution is -0.384. The number of rotatable bonds is 6. The van der Waals surface area contributed by atoms with Crippen LogP contribution in [0.15, 0.2) is 83.8 Å². The van der Waals surface area contributed by atoms with Gasteiger partial charge in [-0.15, -0.1) is 0 Å². The van der Waals surface area contributed by atoms with Gasteiger partial charge < -0.3 is 9.80 Å². The minimum atomic E-state index is -3.95. The standard InChI is InChI=1S/C27H27ClN4O5S/c28-21-6-8-22(9-7-21)29-14-16-30(17-15-29)27(33)26-19-31(18-25(26)20-4-2-1-3-5-20)38(36,37)24-12-10-23(11-13-24)32(34)35/h1-13,25-26H,14-19H2. The van der Waals surface area contributed by atoms with E-state index in [0.717, 1.165) is 11.3 Å². The van der Waals surface area contributed by atoms with Gasteiger partial charge in [0.25, 0.3) is 5.69 Å². The van der Waals surface area contributed by atoms with E-state index in [4.69, 9.17) is 11.6 Å². The molecule has 3 aromatic carbocycles. The van der Waals surface area contributed by atoms with Gasteiger partial charge in [-0.1, -0.05) is 41.9 Å². The number of carbonyl (C=O) groups excluding carboxylic acids is 1. The minimum Gasteiger partial charge on any atom is -0.368 e. The number of hydrogen-bond donors (Lipinski definition) is 0. The molecule has 0 aromatic heterocycles. The summed E-state index contributed by atoms with van der Waals surface area (Å²) in [6, 6.07) is 22.0. The van der Waals surface area contributed by atoms with E-state index in [9.17, 15) is 23.3 Å². The number of benzene rings is 3. The quantitative estimate of drug-likeness (QED) is 0.337. The van der Waals surface area contributed by atoms with Crippen LogP contribution in [0.5, 0.6) is 0 Å². The molecule has 2 heterocycles. The third kappa shape index (κ3) is 5.24. The van der Waals surface area contributed by atoms with Crippen LogP contribution in [0.1, 0.15) is 11.5 Å². The highest BCUT2D eigenvalue weighted by Crippen LogP contribution is 2.37. The van der Waals surface area contributed by atoms with Crippen molar-refractivity contribution in [1.29, 1.82) is 0 Å². The average Bonchev–Trinajstić information content (AvgIpc) is 3.40. The summed E-state index contributed by atoms with van der Waals surface area (Å²) in [7, 11) is -3.95. The van der Waals surface area contributed by atoms with E-state index >= 15 is 0 Å². The third-order valence-electron chi connectivity index (χ3n) is 7.30. The molecule has 2 saturated heterocycles. The number of amides is 1. The number of non-ortho nitro benzene ring substituents is 1. The van der Waals surface area contributed by atoms with Crippen molar-refractivity contribution in [1.82, 2.24) is 9.21 Å². The van der Waals surface area contributed by atoms with E-state index in [2.05, 4.69) is 4.90 Å². The Hall–Kier alpha value is -3.47. The number of nitro groups is 1. The molecular formula is C27H27ClN4O5S. The highest BCUT2D eigenvalue weighted by molar-refractivity contribution is 7.89. The second kappa shape index (κ2) is 10.7. The molecule has 2 aliphatic heterocycles. The fourth-order valence-corrected chi connectivity index (χ4v) is 6.83. The first-order valence-electron chi connectivity index (χ1n) is 12.3. The Bertz CT molecular complexity index is 1410. The van der Waals surface area contributed by atoms with Gasteiger partial charge in [0.05, 0.1) is 15.7 Å². The zero-order valence-electron chi connectivity index (χ0n) is 20.5. The molecule has 0 spiro atoms. The van der Waals surface area contributed by atoms with Gasteiger partial charge in [0.2, 0.25) is 15.9 Å².